The second-order valence-corrected chi connectivity index (χ2v) is 5.61. The largest absolute Gasteiger partial charge is 0.0888 e. The van der Waals surface area contributed by atoms with Crippen molar-refractivity contribution in [3.8, 4) is 0 Å². The van der Waals surface area contributed by atoms with E-state index in [0.717, 1.165) is 5.92 Å². The molecule has 0 atom stereocenters. The Morgan fingerprint density at radius 1 is 0.667 bits per heavy atom. The van der Waals surface area contributed by atoms with Gasteiger partial charge in [-0.05, 0) is 25.2 Å². The lowest BCUT2D eigenvalue weighted by molar-refractivity contribution is 0.426. The van der Waals surface area contributed by atoms with Gasteiger partial charge in [0.25, 0.3) is 0 Å². The molecular formula is C18H36. The molecule has 0 aromatic heterocycles. The van der Waals surface area contributed by atoms with Crippen molar-refractivity contribution in [3.63, 3.8) is 0 Å². The van der Waals surface area contributed by atoms with E-state index >= 15 is 0 Å². The van der Waals surface area contributed by atoms with Crippen LogP contribution >= 0.6 is 0 Å². The van der Waals surface area contributed by atoms with Gasteiger partial charge in [0.2, 0.25) is 0 Å². The molecule has 0 aromatic rings. The third-order valence-corrected chi connectivity index (χ3v) is 4.04. The summed E-state index contributed by atoms with van der Waals surface area (Å²) in [6.45, 7) is 6.88. The molecule has 0 rings (SSSR count). The Kier molecular flexibility index (Phi) is 14.6. The molecule has 0 radical (unpaired) electrons. The molecule has 108 valence electrons. The monoisotopic (exact) mass is 252 g/mol. The predicted molar refractivity (Wildman–Crippen MR) is 85.1 cm³/mol. The molecule has 0 unspecified atom stereocenters. The zero-order valence-electron chi connectivity index (χ0n) is 13.2. The van der Waals surface area contributed by atoms with E-state index in [1.807, 2.05) is 0 Å². The molecule has 0 spiro atoms. The molecular weight excluding hydrogens is 216 g/mol. The van der Waals surface area contributed by atoms with Gasteiger partial charge in [-0.2, -0.15) is 0 Å². The summed E-state index contributed by atoms with van der Waals surface area (Å²) in [6.07, 6.45) is 21.5. The number of hydrogen-bond donors (Lipinski definition) is 0. The zero-order chi connectivity index (χ0) is 13.5. The highest BCUT2D eigenvalue weighted by atomic mass is 14.1. The Bertz CT molecular complexity index is 165. The molecule has 0 heterocycles. The van der Waals surface area contributed by atoms with Crippen molar-refractivity contribution < 1.29 is 0 Å². The first-order chi connectivity index (χ1) is 8.85. The van der Waals surface area contributed by atoms with Gasteiger partial charge in [0, 0.05) is 0 Å². The molecule has 0 aliphatic rings. The van der Waals surface area contributed by atoms with Crippen LogP contribution in [0.15, 0.2) is 12.2 Å². The van der Waals surface area contributed by atoms with Gasteiger partial charge >= 0.3 is 0 Å². The summed E-state index contributed by atoms with van der Waals surface area (Å²) in [5.41, 5.74) is 0. The van der Waals surface area contributed by atoms with Gasteiger partial charge in [0.15, 0.2) is 0 Å². The van der Waals surface area contributed by atoms with Crippen LogP contribution in [-0.2, 0) is 0 Å². The maximum atomic E-state index is 2.34. The molecule has 0 aromatic carbocycles. The first-order valence-corrected chi connectivity index (χ1v) is 8.50. The molecule has 0 bridgehead atoms. The maximum Gasteiger partial charge on any atom is -0.0351 e. The average Bonchev–Trinajstić information content (AvgIpc) is 2.40. The quantitative estimate of drug-likeness (QED) is 0.247. The Morgan fingerprint density at radius 3 is 1.78 bits per heavy atom. The van der Waals surface area contributed by atoms with Crippen molar-refractivity contribution in [3.05, 3.63) is 12.2 Å². The fraction of sp³-hybridized carbons (Fsp3) is 0.889. The minimum Gasteiger partial charge on any atom is -0.0888 e. The maximum absolute atomic E-state index is 2.34. The van der Waals surface area contributed by atoms with Gasteiger partial charge in [-0.3, -0.25) is 0 Å². The standard InChI is InChI=1S/C18H36/c1-4-7-8-9-10-11-12-13-14-15-16-17-18(5-2)6-3/h7-8,18H,4-6,9-17H2,1-3H3. The minimum atomic E-state index is 0.996. The van der Waals surface area contributed by atoms with E-state index < -0.39 is 0 Å². The van der Waals surface area contributed by atoms with E-state index in [9.17, 15) is 0 Å². The number of allylic oxidation sites excluding steroid dienone is 2. The molecule has 0 heteroatoms. The fourth-order valence-corrected chi connectivity index (χ4v) is 2.56. The molecule has 18 heavy (non-hydrogen) atoms. The average molecular weight is 252 g/mol. The summed E-state index contributed by atoms with van der Waals surface area (Å²) in [6, 6.07) is 0. The molecule has 0 saturated heterocycles. The first-order valence-electron chi connectivity index (χ1n) is 8.50. The van der Waals surface area contributed by atoms with Crippen molar-refractivity contribution in [2.45, 2.75) is 97.8 Å². The normalized spacial score (nSPS) is 11.8. The van der Waals surface area contributed by atoms with Gasteiger partial charge in [-0.15, -0.1) is 0 Å². The number of hydrogen-bond acceptors (Lipinski definition) is 0. The lowest BCUT2D eigenvalue weighted by Crippen LogP contribution is -1.96. The van der Waals surface area contributed by atoms with E-state index in [1.54, 1.807) is 0 Å². The Labute approximate surface area is 116 Å². The van der Waals surface area contributed by atoms with E-state index in [0.29, 0.717) is 0 Å². The Hall–Kier alpha value is -0.260. The van der Waals surface area contributed by atoms with Crippen molar-refractivity contribution in [2.24, 2.45) is 5.92 Å². The lowest BCUT2D eigenvalue weighted by Gasteiger charge is -2.11. The SMILES string of the molecule is CCC=CCCCCCCCCCC(CC)CC. The van der Waals surface area contributed by atoms with E-state index in [-0.39, 0.29) is 0 Å². The summed E-state index contributed by atoms with van der Waals surface area (Å²) in [4.78, 5) is 0. The first kappa shape index (κ1) is 17.7. The van der Waals surface area contributed by atoms with Crippen LogP contribution in [0, 0.1) is 5.92 Å². The van der Waals surface area contributed by atoms with Gasteiger partial charge in [0.1, 0.15) is 0 Å². The summed E-state index contributed by atoms with van der Waals surface area (Å²) < 4.78 is 0. The molecule has 0 saturated carbocycles. The summed E-state index contributed by atoms with van der Waals surface area (Å²) in [7, 11) is 0. The summed E-state index contributed by atoms with van der Waals surface area (Å²) >= 11 is 0. The molecule has 0 nitrogen and oxygen atoms in total. The molecule has 0 aliphatic heterocycles. The highest BCUT2D eigenvalue weighted by Gasteiger charge is 2.02. The molecule has 0 amide bonds. The van der Waals surface area contributed by atoms with Crippen molar-refractivity contribution in [2.75, 3.05) is 0 Å². The van der Waals surface area contributed by atoms with E-state index in [4.69, 9.17) is 0 Å². The van der Waals surface area contributed by atoms with Crippen LogP contribution in [-0.4, -0.2) is 0 Å². The number of unbranched alkanes of at least 4 members (excludes halogenated alkanes) is 7. The minimum absolute atomic E-state index is 0.996. The van der Waals surface area contributed by atoms with Gasteiger partial charge < -0.3 is 0 Å². The van der Waals surface area contributed by atoms with Crippen LogP contribution in [0.25, 0.3) is 0 Å². The van der Waals surface area contributed by atoms with Gasteiger partial charge in [0.05, 0.1) is 0 Å². The molecule has 0 aliphatic carbocycles. The Balaban J connectivity index is 3.09. The van der Waals surface area contributed by atoms with Crippen LogP contribution in [0.2, 0.25) is 0 Å². The summed E-state index contributed by atoms with van der Waals surface area (Å²) in [5, 5.41) is 0. The van der Waals surface area contributed by atoms with Crippen molar-refractivity contribution in [1.82, 2.24) is 0 Å². The van der Waals surface area contributed by atoms with Gasteiger partial charge in [-0.1, -0.05) is 90.7 Å². The predicted octanol–water partition coefficient (Wildman–Crippen LogP) is 6.90. The van der Waals surface area contributed by atoms with Crippen LogP contribution in [0.5, 0.6) is 0 Å². The molecule has 0 N–H and O–H groups in total. The van der Waals surface area contributed by atoms with Crippen molar-refractivity contribution >= 4 is 0 Å². The van der Waals surface area contributed by atoms with Crippen LogP contribution in [0.4, 0.5) is 0 Å². The second-order valence-electron chi connectivity index (χ2n) is 5.61. The van der Waals surface area contributed by atoms with Gasteiger partial charge in [-0.25, -0.2) is 0 Å². The topological polar surface area (TPSA) is 0 Å². The van der Waals surface area contributed by atoms with Crippen LogP contribution in [0.1, 0.15) is 97.8 Å². The highest BCUT2D eigenvalue weighted by Crippen LogP contribution is 2.17. The summed E-state index contributed by atoms with van der Waals surface area (Å²) in [5.74, 6) is 0.996. The lowest BCUT2D eigenvalue weighted by atomic mass is 9.95. The fourth-order valence-electron chi connectivity index (χ4n) is 2.56. The third kappa shape index (κ3) is 12.2. The van der Waals surface area contributed by atoms with Crippen molar-refractivity contribution in [1.29, 1.82) is 0 Å². The third-order valence-electron chi connectivity index (χ3n) is 4.04. The number of rotatable bonds is 13. The highest BCUT2D eigenvalue weighted by molar-refractivity contribution is 4.79. The van der Waals surface area contributed by atoms with E-state index in [1.165, 1.54) is 77.0 Å². The smallest absolute Gasteiger partial charge is 0.0351 e. The van der Waals surface area contributed by atoms with Crippen LogP contribution in [0.3, 0.4) is 0 Å². The Morgan fingerprint density at radius 2 is 1.22 bits per heavy atom. The molecule has 0 fully saturated rings. The second kappa shape index (κ2) is 14.8. The van der Waals surface area contributed by atoms with E-state index in [2.05, 4.69) is 32.9 Å². The van der Waals surface area contributed by atoms with Crippen LogP contribution < -0.4 is 0 Å². The zero-order valence-corrected chi connectivity index (χ0v) is 13.2.